The van der Waals surface area contributed by atoms with E-state index in [9.17, 15) is 4.79 Å². The summed E-state index contributed by atoms with van der Waals surface area (Å²) in [5.74, 6) is -0.970. The van der Waals surface area contributed by atoms with Crippen LogP contribution >= 0.6 is 0 Å². The number of aromatic carboxylic acids is 1. The number of nitrogens with zero attached hydrogens (tertiary/aromatic N) is 2. The molecule has 0 aliphatic heterocycles. The SMILES string of the molecule is CC(C)N(C)c1nc2ccc(C(=O)O)cc2o1. The molecule has 5 nitrogen and oxygen atoms in total. The van der Waals surface area contributed by atoms with E-state index < -0.39 is 5.97 Å². The molecular weight excluding hydrogens is 220 g/mol. The lowest BCUT2D eigenvalue weighted by Crippen LogP contribution is -2.25. The van der Waals surface area contributed by atoms with Gasteiger partial charge in [-0.2, -0.15) is 4.98 Å². The number of hydrogen-bond acceptors (Lipinski definition) is 4. The molecule has 0 saturated heterocycles. The van der Waals surface area contributed by atoms with Gasteiger partial charge in [0, 0.05) is 13.1 Å². The summed E-state index contributed by atoms with van der Waals surface area (Å²) in [4.78, 5) is 17.0. The van der Waals surface area contributed by atoms with Crippen molar-refractivity contribution in [2.45, 2.75) is 19.9 Å². The van der Waals surface area contributed by atoms with E-state index in [2.05, 4.69) is 4.98 Å². The molecule has 0 fully saturated rings. The number of benzene rings is 1. The van der Waals surface area contributed by atoms with Crippen molar-refractivity contribution in [3.05, 3.63) is 23.8 Å². The van der Waals surface area contributed by atoms with Crippen LogP contribution in [0.4, 0.5) is 6.01 Å². The van der Waals surface area contributed by atoms with Crippen molar-refractivity contribution in [2.24, 2.45) is 0 Å². The van der Waals surface area contributed by atoms with Gasteiger partial charge < -0.3 is 14.4 Å². The summed E-state index contributed by atoms with van der Waals surface area (Å²) in [7, 11) is 1.88. The molecule has 0 atom stereocenters. The van der Waals surface area contributed by atoms with E-state index in [1.165, 1.54) is 12.1 Å². The first-order valence-corrected chi connectivity index (χ1v) is 5.35. The van der Waals surface area contributed by atoms with E-state index in [-0.39, 0.29) is 11.6 Å². The minimum absolute atomic E-state index is 0.201. The topological polar surface area (TPSA) is 66.6 Å². The third-order valence-corrected chi connectivity index (χ3v) is 2.70. The van der Waals surface area contributed by atoms with E-state index in [0.717, 1.165) is 0 Å². The maximum atomic E-state index is 10.8. The highest BCUT2D eigenvalue weighted by atomic mass is 16.4. The summed E-state index contributed by atoms with van der Waals surface area (Å²) in [6, 6.07) is 5.42. The Hall–Kier alpha value is -2.04. The predicted molar refractivity (Wildman–Crippen MR) is 64.5 cm³/mol. The zero-order valence-electron chi connectivity index (χ0n) is 9.97. The number of carbonyl (C=O) groups is 1. The van der Waals surface area contributed by atoms with Crippen molar-refractivity contribution in [1.29, 1.82) is 0 Å². The third kappa shape index (κ3) is 2.08. The lowest BCUT2D eigenvalue weighted by Gasteiger charge is -2.18. The molecule has 0 spiro atoms. The van der Waals surface area contributed by atoms with Gasteiger partial charge in [-0.1, -0.05) is 0 Å². The summed E-state index contributed by atoms with van der Waals surface area (Å²) in [5, 5.41) is 8.88. The maximum absolute atomic E-state index is 10.8. The average Bonchev–Trinajstić information content (AvgIpc) is 2.69. The highest BCUT2D eigenvalue weighted by Crippen LogP contribution is 2.23. The van der Waals surface area contributed by atoms with E-state index in [0.29, 0.717) is 17.1 Å². The van der Waals surface area contributed by atoms with Gasteiger partial charge in [0.05, 0.1) is 5.56 Å². The molecule has 2 rings (SSSR count). The van der Waals surface area contributed by atoms with Crippen LogP contribution in [-0.2, 0) is 0 Å². The zero-order chi connectivity index (χ0) is 12.6. The van der Waals surface area contributed by atoms with Crippen LogP contribution in [0.25, 0.3) is 11.1 Å². The standard InChI is InChI=1S/C12H14N2O3/c1-7(2)14(3)12-13-9-5-4-8(11(15)16)6-10(9)17-12/h4-7H,1-3H3,(H,15,16). The number of anilines is 1. The van der Waals surface area contributed by atoms with Gasteiger partial charge in [0.1, 0.15) is 5.52 Å². The highest BCUT2D eigenvalue weighted by Gasteiger charge is 2.14. The summed E-state index contributed by atoms with van der Waals surface area (Å²) in [5.41, 5.74) is 1.36. The number of carboxylic acids is 1. The second-order valence-corrected chi connectivity index (χ2v) is 4.19. The zero-order valence-corrected chi connectivity index (χ0v) is 9.97. The number of rotatable bonds is 3. The number of aromatic nitrogens is 1. The van der Waals surface area contributed by atoms with E-state index >= 15 is 0 Å². The van der Waals surface area contributed by atoms with Crippen molar-refractivity contribution in [3.8, 4) is 0 Å². The predicted octanol–water partition coefficient (Wildman–Crippen LogP) is 2.37. The highest BCUT2D eigenvalue weighted by molar-refractivity contribution is 5.92. The maximum Gasteiger partial charge on any atom is 0.335 e. The largest absolute Gasteiger partial charge is 0.478 e. The Morgan fingerprint density at radius 1 is 1.47 bits per heavy atom. The Morgan fingerprint density at radius 2 is 2.18 bits per heavy atom. The van der Waals surface area contributed by atoms with Gasteiger partial charge in [-0.25, -0.2) is 4.79 Å². The molecule has 2 aromatic rings. The molecule has 1 N–H and O–H groups in total. The molecule has 0 unspecified atom stereocenters. The van der Waals surface area contributed by atoms with Gasteiger partial charge in [-0.15, -0.1) is 0 Å². The van der Waals surface area contributed by atoms with Gasteiger partial charge in [0.2, 0.25) is 0 Å². The molecule has 5 heteroatoms. The van der Waals surface area contributed by atoms with Crippen molar-refractivity contribution >= 4 is 23.1 Å². The lowest BCUT2D eigenvalue weighted by molar-refractivity contribution is 0.0697. The quantitative estimate of drug-likeness (QED) is 0.883. The van der Waals surface area contributed by atoms with Gasteiger partial charge in [-0.3, -0.25) is 0 Å². The average molecular weight is 234 g/mol. The molecule has 0 radical (unpaired) electrons. The molecule has 1 aromatic heterocycles. The van der Waals surface area contributed by atoms with Crippen LogP contribution in [0.15, 0.2) is 22.6 Å². The van der Waals surface area contributed by atoms with Crippen LogP contribution in [0.5, 0.6) is 0 Å². The van der Waals surface area contributed by atoms with Crippen LogP contribution in [0.1, 0.15) is 24.2 Å². The molecule has 17 heavy (non-hydrogen) atoms. The van der Waals surface area contributed by atoms with Gasteiger partial charge in [0.25, 0.3) is 6.01 Å². The molecule has 0 aliphatic rings. The van der Waals surface area contributed by atoms with Crippen LogP contribution in [0.2, 0.25) is 0 Å². The van der Waals surface area contributed by atoms with Crippen molar-refractivity contribution in [2.75, 3.05) is 11.9 Å². The van der Waals surface area contributed by atoms with Crippen LogP contribution in [-0.4, -0.2) is 29.1 Å². The molecular formula is C12H14N2O3. The minimum Gasteiger partial charge on any atom is -0.478 e. The lowest BCUT2D eigenvalue weighted by atomic mass is 10.2. The molecule has 0 saturated carbocycles. The molecule has 1 aromatic carbocycles. The van der Waals surface area contributed by atoms with Gasteiger partial charge in [-0.05, 0) is 32.0 Å². The fourth-order valence-corrected chi connectivity index (χ4v) is 1.42. The number of hydrogen-bond donors (Lipinski definition) is 1. The third-order valence-electron chi connectivity index (χ3n) is 2.70. The van der Waals surface area contributed by atoms with Gasteiger partial charge >= 0.3 is 5.97 Å². The molecule has 0 amide bonds. The monoisotopic (exact) mass is 234 g/mol. The number of carboxylic acid groups (broad SMARTS) is 1. The van der Waals surface area contributed by atoms with Crippen molar-refractivity contribution < 1.29 is 14.3 Å². The smallest absolute Gasteiger partial charge is 0.335 e. The Labute approximate surface area is 98.7 Å². The van der Waals surface area contributed by atoms with E-state index in [4.69, 9.17) is 9.52 Å². The van der Waals surface area contributed by atoms with Crippen molar-refractivity contribution in [1.82, 2.24) is 4.98 Å². The molecule has 90 valence electrons. The minimum atomic E-state index is -0.970. The summed E-state index contributed by atoms with van der Waals surface area (Å²) < 4.78 is 5.53. The molecule has 1 heterocycles. The summed E-state index contributed by atoms with van der Waals surface area (Å²) in [6.07, 6.45) is 0. The summed E-state index contributed by atoms with van der Waals surface area (Å²) >= 11 is 0. The fraction of sp³-hybridized carbons (Fsp3) is 0.333. The molecule has 0 aliphatic carbocycles. The molecule has 0 bridgehead atoms. The first-order valence-electron chi connectivity index (χ1n) is 5.35. The Bertz CT molecular complexity index is 560. The Morgan fingerprint density at radius 3 is 2.76 bits per heavy atom. The Kier molecular flexibility index (Phi) is 2.75. The fourth-order valence-electron chi connectivity index (χ4n) is 1.42. The second kappa shape index (κ2) is 4.08. The summed E-state index contributed by atoms with van der Waals surface area (Å²) in [6.45, 7) is 4.05. The number of oxazole rings is 1. The van der Waals surface area contributed by atoms with E-state index in [1.807, 2.05) is 25.8 Å². The second-order valence-electron chi connectivity index (χ2n) is 4.19. The Balaban J connectivity index is 2.47. The first kappa shape index (κ1) is 11.4. The normalized spacial score (nSPS) is 11.1. The van der Waals surface area contributed by atoms with Crippen LogP contribution in [0.3, 0.4) is 0 Å². The first-order chi connectivity index (χ1) is 7.99. The van der Waals surface area contributed by atoms with Crippen molar-refractivity contribution in [3.63, 3.8) is 0 Å². The van der Waals surface area contributed by atoms with E-state index in [1.54, 1.807) is 6.07 Å². The van der Waals surface area contributed by atoms with Crippen LogP contribution < -0.4 is 4.90 Å². The van der Waals surface area contributed by atoms with Crippen LogP contribution in [0, 0.1) is 0 Å². The number of fused-ring (bicyclic) bond motifs is 1. The van der Waals surface area contributed by atoms with Gasteiger partial charge in [0.15, 0.2) is 5.58 Å².